The summed E-state index contributed by atoms with van der Waals surface area (Å²) in [6.45, 7) is 2.70. The summed E-state index contributed by atoms with van der Waals surface area (Å²) in [7, 11) is 2.78. The number of carboxylic acids is 1. The number of amides is 2. The Labute approximate surface area is 111 Å². The third-order valence-electron chi connectivity index (χ3n) is 3.33. The highest BCUT2D eigenvalue weighted by molar-refractivity contribution is 5.86. The predicted molar refractivity (Wildman–Crippen MR) is 66.5 cm³/mol. The zero-order valence-corrected chi connectivity index (χ0v) is 11.4. The molecule has 7 heteroatoms. The molecule has 0 bridgehead atoms. The Morgan fingerprint density at radius 1 is 1.47 bits per heavy atom. The van der Waals surface area contributed by atoms with Crippen LogP contribution in [0.1, 0.15) is 19.8 Å². The summed E-state index contributed by atoms with van der Waals surface area (Å²) in [5.74, 6) is -0.835. The normalized spacial score (nSPS) is 22.3. The summed E-state index contributed by atoms with van der Waals surface area (Å²) in [5, 5.41) is 11.3. The molecule has 0 heterocycles. The molecule has 1 aliphatic carbocycles. The molecule has 0 spiro atoms. The van der Waals surface area contributed by atoms with Gasteiger partial charge >= 0.3 is 18.0 Å². The lowest BCUT2D eigenvalue weighted by atomic mass is 10.2. The van der Waals surface area contributed by atoms with Crippen LogP contribution in [0, 0.1) is 11.8 Å². The standard InChI is InChI=1S/C12H20N2O5/c1-7-4-8(7)6-14(2)12(18)13-9(11(16)17)5-10(15)19-3/h7-9H,4-6H2,1-3H3,(H,13,18)(H,16,17)/t7?,8?,9-/m0/s1. The van der Waals surface area contributed by atoms with Crippen molar-refractivity contribution in [2.45, 2.75) is 25.8 Å². The van der Waals surface area contributed by atoms with Gasteiger partial charge in [0.15, 0.2) is 0 Å². The van der Waals surface area contributed by atoms with E-state index in [1.54, 1.807) is 7.05 Å². The van der Waals surface area contributed by atoms with Crippen molar-refractivity contribution >= 4 is 18.0 Å². The number of carbonyl (C=O) groups excluding carboxylic acids is 2. The molecule has 1 aliphatic rings. The molecule has 0 aromatic rings. The van der Waals surface area contributed by atoms with Crippen LogP contribution in [-0.2, 0) is 14.3 Å². The molecule has 1 fully saturated rings. The number of hydrogen-bond acceptors (Lipinski definition) is 4. The maximum atomic E-state index is 11.8. The van der Waals surface area contributed by atoms with Crippen LogP contribution in [0.5, 0.6) is 0 Å². The highest BCUT2D eigenvalue weighted by Gasteiger charge is 2.34. The molecular formula is C12H20N2O5. The van der Waals surface area contributed by atoms with Crippen LogP contribution in [-0.4, -0.2) is 54.7 Å². The van der Waals surface area contributed by atoms with Gasteiger partial charge in [0, 0.05) is 13.6 Å². The number of rotatable bonds is 6. The van der Waals surface area contributed by atoms with E-state index in [0.29, 0.717) is 18.4 Å². The number of aliphatic carboxylic acids is 1. The molecule has 1 saturated carbocycles. The molecule has 2 amide bonds. The van der Waals surface area contributed by atoms with Gasteiger partial charge in [-0.25, -0.2) is 9.59 Å². The number of nitrogens with zero attached hydrogens (tertiary/aromatic N) is 1. The molecule has 1 rings (SSSR count). The van der Waals surface area contributed by atoms with Crippen LogP contribution in [0.2, 0.25) is 0 Å². The van der Waals surface area contributed by atoms with E-state index in [4.69, 9.17) is 5.11 Å². The summed E-state index contributed by atoms with van der Waals surface area (Å²) in [4.78, 5) is 35.3. The second kappa shape index (κ2) is 6.40. The van der Waals surface area contributed by atoms with Crippen LogP contribution in [0.3, 0.4) is 0 Å². The van der Waals surface area contributed by atoms with Crippen molar-refractivity contribution in [1.29, 1.82) is 0 Å². The van der Waals surface area contributed by atoms with Gasteiger partial charge < -0.3 is 20.1 Å². The Bertz CT molecular complexity index is 371. The Balaban J connectivity index is 2.45. The minimum atomic E-state index is -1.26. The van der Waals surface area contributed by atoms with Crippen LogP contribution in [0.25, 0.3) is 0 Å². The second-order valence-corrected chi connectivity index (χ2v) is 4.97. The number of urea groups is 1. The average Bonchev–Trinajstić information content (AvgIpc) is 3.03. The molecule has 3 atom stereocenters. The fourth-order valence-corrected chi connectivity index (χ4v) is 1.80. The first-order valence-corrected chi connectivity index (χ1v) is 6.16. The molecular weight excluding hydrogens is 252 g/mol. The lowest BCUT2D eigenvalue weighted by molar-refractivity contribution is -0.147. The van der Waals surface area contributed by atoms with Gasteiger partial charge in [0.1, 0.15) is 6.04 Å². The van der Waals surface area contributed by atoms with E-state index in [9.17, 15) is 14.4 Å². The fourth-order valence-electron chi connectivity index (χ4n) is 1.80. The quantitative estimate of drug-likeness (QED) is 0.678. The first kappa shape index (κ1) is 15.3. The number of nitrogens with one attached hydrogen (secondary N) is 1. The minimum absolute atomic E-state index is 0.384. The number of hydrogen-bond donors (Lipinski definition) is 2. The Hall–Kier alpha value is -1.79. The first-order valence-electron chi connectivity index (χ1n) is 6.16. The van der Waals surface area contributed by atoms with Gasteiger partial charge in [0.05, 0.1) is 13.5 Å². The van der Waals surface area contributed by atoms with Crippen LogP contribution >= 0.6 is 0 Å². The van der Waals surface area contributed by atoms with Gasteiger partial charge in [-0.3, -0.25) is 4.79 Å². The van der Waals surface area contributed by atoms with E-state index < -0.39 is 24.0 Å². The fraction of sp³-hybridized carbons (Fsp3) is 0.750. The molecule has 7 nitrogen and oxygen atoms in total. The maximum absolute atomic E-state index is 11.8. The monoisotopic (exact) mass is 272 g/mol. The molecule has 0 saturated heterocycles. The second-order valence-electron chi connectivity index (χ2n) is 4.97. The summed E-state index contributed by atoms with van der Waals surface area (Å²) in [6, 6.07) is -1.76. The van der Waals surface area contributed by atoms with Crippen molar-refractivity contribution in [1.82, 2.24) is 10.2 Å². The zero-order chi connectivity index (χ0) is 14.6. The third-order valence-corrected chi connectivity index (χ3v) is 3.33. The number of ether oxygens (including phenoxy) is 1. The van der Waals surface area contributed by atoms with E-state index >= 15 is 0 Å². The third kappa shape index (κ3) is 4.76. The van der Waals surface area contributed by atoms with Crippen molar-refractivity contribution in [2.75, 3.05) is 20.7 Å². The summed E-state index contributed by atoms with van der Waals surface area (Å²) >= 11 is 0. The molecule has 0 aliphatic heterocycles. The predicted octanol–water partition coefficient (Wildman–Crippen LogP) is 0.300. The van der Waals surface area contributed by atoms with E-state index in [1.165, 1.54) is 12.0 Å². The average molecular weight is 272 g/mol. The van der Waals surface area contributed by atoms with Gasteiger partial charge in [-0.2, -0.15) is 0 Å². The molecule has 0 radical (unpaired) electrons. The van der Waals surface area contributed by atoms with Crippen LogP contribution in [0.4, 0.5) is 4.79 Å². The molecule has 0 aromatic heterocycles. The SMILES string of the molecule is COC(=O)C[C@H](NC(=O)N(C)CC1CC1C)C(=O)O. The Morgan fingerprint density at radius 3 is 2.47 bits per heavy atom. The van der Waals surface area contributed by atoms with Crippen molar-refractivity contribution in [3.63, 3.8) is 0 Å². The van der Waals surface area contributed by atoms with Gasteiger partial charge in [-0.05, 0) is 18.3 Å². The highest BCUT2D eigenvalue weighted by atomic mass is 16.5. The van der Waals surface area contributed by atoms with Crippen molar-refractivity contribution < 1.29 is 24.2 Å². The minimum Gasteiger partial charge on any atom is -0.480 e. The topological polar surface area (TPSA) is 95.9 Å². The Kier molecular flexibility index (Phi) is 5.14. The lowest BCUT2D eigenvalue weighted by Crippen LogP contribution is -2.48. The maximum Gasteiger partial charge on any atom is 0.326 e. The van der Waals surface area contributed by atoms with Gasteiger partial charge in [0.25, 0.3) is 0 Å². The van der Waals surface area contributed by atoms with E-state index in [-0.39, 0.29) is 6.42 Å². The van der Waals surface area contributed by atoms with Gasteiger partial charge in [-0.1, -0.05) is 6.92 Å². The molecule has 0 aromatic carbocycles. The lowest BCUT2D eigenvalue weighted by Gasteiger charge is -2.21. The molecule has 19 heavy (non-hydrogen) atoms. The molecule has 2 unspecified atom stereocenters. The van der Waals surface area contributed by atoms with Crippen molar-refractivity contribution in [2.24, 2.45) is 11.8 Å². The largest absolute Gasteiger partial charge is 0.480 e. The van der Waals surface area contributed by atoms with Crippen molar-refractivity contribution in [3.8, 4) is 0 Å². The summed E-state index contributed by atoms with van der Waals surface area (Å²) in [6.07, 6.45) is 0.702. The number of carbonyl (C=O) groups is 3. The van der Waals surface area contributed by atoms with E-state index in [1.807, 2.05) is 0 Å². The zero-order valence-electron chi connectivity index (χ0n) is 11.4. The number of methoxy groups -OCH3 is 1. The van der Waals surface area contributed by atoms with Crippen LogP contribution in [0.15, 0.2) is 0 Å². The molecule has 108 valence electrons. The number of carboxylic acid groups (broad SMARTS) is 1. The van der Waals surface area contributed by atoms with Gasteiger partial charge in [0.2, 0.25) is 0 Å². The number of esters is 1. The smallest absolute Gasteiger partial charge is 0.326 e. The van der Waals surface area contributed by atoms with Crippen LogP contribution < -0.4 is 5.32 Å². The molecule has 2 N–H and O–H groups in total. The van der Waals surface area contributed by atoms with E-state index in [0.717, 1.165) is 6.42 Å². The summed E-state index contributed by atoms with van der Waals surface area (Å²) < 4.78 is 4.39. The highest BCUT2D eigenvalue weighted by Crippen LogP contribution is 2.37. The van der Waals surface area contributed by atoms with Crippen molar-refractivity contribution in [3.05, 3.63) is 0 Å². The first-order chi connectivity index (χ1) is 8.85. The van der Waals surface area contributed by atoms with Gasteiger partial charge in [-0.15, -0.1) is 0 Å². The van der Waals surface area contributed by atoms with E-state index in [2.05, 4.69) is 17.0 Å². The summed E-state index contributed by atoms with van der Waals surface area (Å²) in [5.41, 5.74) is 0. The Morgan fingerprint density at radius 2 is 2.05 bits per heavy atom.